The lowest BCUT2D eigenvalue weighted by Crippen LogP contribution is -2.49. The molecule has 1 aliphatic heterocycles. The van der Waals surface area contributed by atoms with Crippen LogP contribution in [0, 0.1) is 5.92 Å². The van der Waals surface area contributed by atoms with Crippen molar-refractivity contribution in [3.8, 4) is 0 Å². The third kappa shape index (κ3) is 5.57. The van der Waals surface area contributed by atoms with Crippen LogP contribution in [0.5, 0.6) is 0 Å². The van der Waals surface area contributed by atoms with Crippen molar-refractivity contribution in [3.63, 3.8) is 0 Å². The molecule has 0 aromatic rings. The number of hydrogen-bond donors (Lipinski definition) is 1. The standard InChI is InChI=1S/C16H34N4O/c1-6-13(2)15(17)16(21)20(5)12-11-19(4)14-7-9-18(3)10-8-14/h13-15H,6-12,17H2,1-5H3. The van der Waals surface area contributed by atoms with E-state index < -0.39 is 0 Å². The molecule has 1 saturated heterocycles. The summed E-state index contributed by atoms with van der Waals surface area (Å²) >= 11 is 0. The predicted octanol–water partition coefficient (Wildman–Crippen LogP) is 0.844. The smallest absolute Gasteiger partial charge is 0.239 e. The van der Waals surface area contributed by atoms with Crippen LogP contribution in [0.1, 0.15) is 33.1 Å². The number of rotatable bonds is 7. The van der Waals surface area contributed by atoms with Crippen LogP contribution in [-0.4, -0.2) is 80.0 Å². The molecule has 5 heteroatoms. The van der Waals surface area contributed by atoms with Crippen LogP contribution in [0.2, 0.25) is 0 Å². The number of carbonyl (C=O) groups excluding carboxylic acids is 1. The quantitative estimate of drug-likeness (QED) is 0.757. The maximum Gasteiger partial charge on any atom is 0.239 e. The molecule has 5 nitrogen and oxygen atoms in total. The summed E-state index contributed by atoms with van der Waals surface area (Å²) in [6.45, 7) is 8.13. The van der Waals surface area contributed by atoms with Crippen LogP contribution in [-0.2, 0) is 4.79 Å². The second kappa shape index (κ2) is 8.71. The van der Waals surface area contributed by atoms with E-state index in [1.807, 2.05) is 14.0 Å². The number of likely N-dealkylation sites (N-methyl/N-ethyl adjacent to an activating group) is 2. The molecular weight excluding hydrogens is 264 g/mol. The van der Waals surface area contributed by atoms with Gasteiger partial charge in [-0.15, -0.1) is 0 Å². The van der Waals surface area contributed by atoms with Gasteiger partial charge in [-0.2, -0.15) is 0 Å². The monoisotopic (exact) mass is 298 g/mol. The maximum absolute atomic E-state index is 12.3. The first kappa shape index (κ1) is 18.4. The zero-order chi connectivity index (χ0) is 16.0. The summed E-state index contributed by atoms with van der Waals surface area (Å²) in [5, 5.41) is 0. The second-order valence-electron chi connectivity index (χ2n) is 6.69. The summed E-state index contributed by atoms with van der Waals surface area (Å²) < 4.78 is 0. The Morgan fingerprint density at radius 2 is 1.86 bits per heavy atom. The van der Waals surface area contributed by atoms with Crippen LogP contribution in [0.15, 0.2) is 0 Å². The van der Waals surface area contributed by atoms with E-state index in [1.54, 1.807) is 4.90 Å². The van der Waals surface area contributed by atoms with Crippen LogP contribution in [0.3, 0.4) is 0 Å². The van der Waals surface area contributed by atoms with Gasteiger partial charge in [0.25, 0.3) is 0 Å². The third-order valence-corrected chi connectivity index (χ3v) is 5.02. The average Bonchev–Trinajstić information content (AvgIpc) is 2.50. The highest BCUT2D eigenvalue weighted by molar-refractivity contribution is 5.81. The minimum Gasteiger partial charge on any atom is -0.343 e. The molecule has 2 N–H and O–H groups in total. The second-order valence-corrected chi connectivity index (χ2v) is 6.69. The van der Waals surface area contributed by atoms with Gasteiger partial charge in [0.2, 0.25) is 5.91 Å². The summed E-state index contributed by atoms with van der Waals surface area (Å²) in [6, 6.07) is 0.279. The molecule has 1 fully saturated rings. The molecule has 0 aromatic heterocycles. The molecule has 1 amide bonds. The van der Waals surface area contributed by atoms with Crippen molar-refractivity contribution in [2.24, 2.45) is 11.7 Å². The fourth-order valence-electron chi connectivity index (χ4n) is 2.79. The van der Waals surface area contributed by atoms with Crippen molar-refractivity contribution in [2.75, 3.05) is 47.3 Å². The molecule has 2 atom stereocenters. The van der Waals surface area contributed by atoms with E-state index in [1.165, 1.54) is 25.9 Å². The zero-order valence-electron chi connectivity index (χ0n) is 14.5. The lowest BCUT2D eigenvalue weighted by molar-refractivity contribution is -0.132. The third-order valence-electron chi connectivity index (χ3n) is 5.02. The Morgan fingerprint density at radius 1 is 1.29 bits per heavy atom. The van der Waals surface area contributed by atoms with E-state index in [-0.39, 0.29) is 17.9 Å². The van der Waals surface area contributed by atoms with Gasteiger partial charge < -0.3 is 20.4 Å². The first-order valence-electron chi connectivity index (χ1n) is 8.26. The van der Waals surface area contributed by atoms with E-state index in [2.05, 4.69) is 30.8 Å². The largest absolute Gasteiger partial charge is 0.343 e. The van der Waals surface area contributed by atoms with Crippen molar-refractivity contribution in [3.05, 3.63) is 0 Å². The van der Waals surface area contributed by atoms with Gasteiger partial charge in [-0.3, -0.25) is 4.79 Å². The van der Waals surface area contributed by atoms with Crippen LogP contribution in [0.25, 0.3) is 0 Å². The molecule has 0 aromatic carbocycles. The number of amides is 1. The Morgan fingerprint density at radius 3 is 2.38 bits per heavy atom. The van der Waals surface area contributed by atoms with E-state index in [0.29, 0.717) is 6.04 Å². The molecule has 1 aliphatic rings. The number of likely N-dealkylation sites (tertiary alicyclic amines) is 1. The molecule has 1 heterocycles. The maximum atomic E-state index is 12.3. The number of nitrogens with two attached hydrogens (primary N) is 1. The Balaban J connectivity index is 2.34. The molecule has 0 spiro atoms. The summed E-state index contributed by atoms with van der Waals surface area (Å²) in [6.07, 6.45) is 3.38. The highest BCUT2D eigenvalue weighted by Gasteiger charge is 2.24. The minimum absolute atomic E-state index is 0.0705. The predicted molar refractivity (Wildman–Crippen MR) is 88.2 cm³/mol. The zero-order valence-corrected chi connectivity index (χ0v) is 14.5. The molecule has 1 rings (SSSR count). The fourth-order valence-corrected chi connectivity index (χ4v) is 2.79. The highest BCUT2D eigenvalue weighted by Crippen LogP contribution is 2.14. The van der Waals surface area contributed by atoms with Gasteiger partial charge in [0.1, 0.15) is 0 Å². The molecule has 0 radical (unpaired) electrons. The Hall–Kier alpha value is -0.650. The van der Waals surface area contributed by atoms with Crippen molar-refractivity contribution < 1.29 is 4.79 Å². The van der Waals surface area contributed by atoms with Gasteiger partial charge in [0.15, 0.2) is 0 Å². The fraction of sp³-hybridized carbons (Fsp3) is 0.938. The number of hydrogen-bond acceptors (Lipinski definition) is 4. The number of carbonyl (C=O) groups is 1. The van der Waals surface area contributed by atoms with Crippen LogP contribution in [0.4, 0.5) is 0 Å². The van der Waals surface area contributed by atoms with Gasteiger partial charge in [-0.1, -0.05) is 20.3 Å². The Bertz CT molecular complexity index is 315. The van der Waals surface area contributed by atoms with Gasteiger partial charge in [-0.25, -0.2) is 0 Å². The Kier molecular flexibility index (Phi) is 7.63. The Labute approximate surface area is 130 Å². The van der Waals surface area contributed by atoms with Gasteiger partial charge in [-0.05, 0) is 45.9 Å². The van der Waals surface area contributed by atoms with E-state index >= 15 is 0 Å². The number of nitrogens with zero attached hydrogens (tertiary/aromatic N) is 3. The molecule has 0 aliphatic carbocycles. The van der Waals surface area contributed by atoms with Crippen molar-refractivity contribution in [1.29, 1.82) is 0 Å². The summed E-state index contributed by atoms with van der Waals surface area (Å²) in [4.78, 5) is 18.8. The minimum atomic E-state index is -0.367. The van der Waals surface area contributed by atoms with E-state index in [4.69, 9.17) is 5.73 Å². The highest BCUT2D eigenvalue weighted by atomic mass is 16.2. The summed E-state index contributed by atoms with van der Waals surface area (Å²) in [7, 11) is 6.22. The molecule has 2 unspecified atom stereocenters. The van der Waals surface area contributed by atoms with Gasteiger partial charge in [0.05, 0.1) is 6.04 Å². The summed E-state index contributed by atoms with van der Waals surface area (Å²) in [5.41, 5.74) is 6.03. The van der Waals surface area contributed by atoms with Crippen molar-refractivity contribution in [1.82, 2.24) is 14.7 Å². The van der Waals surface area contributed by atoms with E-state index in [0.717, 1.165) is 19.5 Å². The van der Waals surface area contributed by atoms with Crippen molar-refractivity contribution in [2.45, 2.75) is 45.2 Å². The van der Waals surface area contributed by atoms with Crippen LogP contribution >= 0.6 is 0 Å². The molecule has 21 heavy (non-hydrogen) atoms. The van der Waals surface area contributed by atoms with Crippen molar-refractivity contribution >= 4 is 5.91 Å². The van der Waals surface area contributed by atoms with E-state index in [9.17, 15) is 4.79 Å². The summed E-state index contributed by atoms with van der Waals surface area (Å²) in [5.74, 6) is 0.313. The van der Waals surface area contributed by atoms with Gasteiger partial charge in [0, 0.05) is 26.2 Å². The first-order valence-corrected chi connectivity index (χ1v) is 8.26. The van der Waals surface area contributed by atoms with Crippen LogP contribution < -0.4 is 5.73 Å². The molecular formula is C16H34N4O. The SMILES string of the molecule is CCC(C)C(N)C(=O)N(C)CCN(C)C1CCN(C)CC1. The molecule has 0 bridgehead atoms. The number of piperidine rings is 1. The average molecular weight is 298 g/mol. The van der Waals surface area contributed by atoms with Gasteiger partial charge >= 0.3 is 0 Å². The first-order chi connectivity index (χ1) is 9.86. The lowest BCUT2D eigenvalue weighted by Gasteiger charge is -2.36. The lowest BCUT2D eigenvalue weighted by atomic mass is 9.99. The topological polar surface area (TPSA) is 52.8 Å². The normalized spacial score (nSPS) is 20.5. The molecule has 0 saturated carbocycles. The molecule has 124 valence electrons.